The van der Waals surface area contributed by atoms with Crippen LogP contribution in [0.15, 0.2) is 6.20 Å². The second-order valence-corrected chi connectivity index (χ2v) is 3.26. The number of imidazole rings is 1. The standard InChI is InChI=1S/C8H13N3O3/c1-6(2)8-9-5-7(11(13)14)10(8)3-4-12/h5-6,12H,3-4H2,1-2H3. The van der Waals surface area contributed by atoms with E-state index in [0.29, 0.717) is 5.82 Å². The fourth-order valence-corrected chi connectivity index (χ4v) is 1.32. The second kappa shape index (κ2) is 4.19. The van der Waals surface area contributed by atoms with Crippen molar-refractivity contribution in [2.45, 2.75) is 26.3 Å². The van der Waals surface area contributed by atoms with Crippen LogP contribution in [-0.2, 0) is 6.54 Å². The molecule has 0 saturated heterocycles. The molecule has 1 heterocycles. The molecule has 0 aliphatic heterocycles. The minimum atomic E-state index is -0.492. The van der Waals surface area contributed by atoms with Gasteiger partial charge in [0.2, 0.25) is 0 Å². The number of aromatic nitrogens is 2. The number of aliphatic hydroxyl groups excluding tert-OH is 1. The quantitative estimate of drug-likeness (QED) is 0.577. The highest BCUT2D eigenvalue weighted by Crippen LogP contribution is 2.19. The van der Waals surface area contributed by atoms with Crippen LogP contribution >= 0.6 is 0 Å². The molecule has 0 radical (unpaired) electrons. The Labute approximate surface area is 81.3 Å². The van der Waals surface area contributed by atoms with E-state index in [9.17, 15) is 10.1 Å². The zero-order valence-electron chi connectivity index (χ0n) is 8.17. The first-order chi connectivity index (χ1) is 6.57. The average Bonchev–Trinajstić information content (AvgIpc) is 2.48. The number of nitrogens with zero attached hydrogens (tertiary/aromatic N) is 3. The van der Waals surface area contributed by atoms with Gasteiger partial charge in [0.05, 0.1) is 6.61 Å². The molecule has 0 bridgehead atoms. The summed E-state index contributed by atoms with van der Waals surface area (Å²) in [4.78, 5) is 14.1. The lowest BCUT2D eigenvalue weighted by molar-refractivity contribution is -0.392. The molecule has 6 nitrogen and oxygen atoms in total. The maximum Gasteiger partial charge on any atom is 0.342 e. The van der Waals surface area contributed by atoms with Crippen LogP contribution in [0.3, 0.4) is 0 Å². The Balaban J connectivity index is 3.13. The molecule has 78 valence electrons. The molecule has 14 heavy (non-hydrogen) atoms. The van der Waals surface area contributed by atoms with Crippen molar-refractivity contribution in [3.8, 4) is 0 Å². The molecule has 1 aromatic rings. The van der Waals surface area contributed by atoms with E-state index in [1.165, 1.54) is 10.8 Å². The maximum atomic E-state index is 10.6. The molecule has 0 aliphatic rings. The van der Waals surface area contributed by atoms with E-state index in [-0.39, 0.29) is 24.9 Å². The Kier molecular flexibility index (Phi) is 3.19. The Bertz CT molecular complexity index is 333. The number of hydrogen-bond donors (Lipinski definition) is 1. The van der Waals surface area contributed by atoms with Crippen molar-refractivity contribution in [3.63, 3.8) is 0 Å². The summed E-state index contributed by atoms with van der Waals surface area (Å²) in [6.07, 6.45) is 1.23. The van der Waals surface area contributed by atoms with Gasteiger partial charge in [0.15, 0.2) is 5.82 Å². The lowest BCUT2D eigenvalue weighted by Crippen LogP contribution is -2.10. The van der Waals surface area contributed by atoms with Crippen LogP contribution in [0.25, 0.3) is 0 Å². The Hall–Kier alpha value is -1.43. The van der Waals surface area contributed by atoms with Crippen LogP contribution in [-0.4, -0.2) is 26.2 Å². The van der Waals surface area contributed by atoms with E-state index in [0.717, 1.165) is 0 Å². The Morgan fingerprint density at radius 1 is 1.71 bits per heavy atom. The summed E-state index contributed by atoms with van der Waals surface area (Å²) in [7, 11) is 0. The third-order valence-corrected chi connectivity index (χ3v) is 1.89. The predicted molar refractivity (Wildman–Crippen MR) is 50.1 cm³/mol. The predicted octanol–water partition coefficient (Wildman–Crippen LogP) is 0.907. The van der Waals surface area contributed by atoms with Crippen LogP contribution in [0, 0.1) is 10.1 Å². The van der Waals surface area contributed by atoms with Crippen molar-refractivity contribution >= 4 is 5.82 Å². The van der Waals surface area contributed by atoms with E-state index < -0.39 is 4.92 Å². The van der Waals surface area contributed by atoms with Crippen molar-refractivity contribution < 1.29 is 10.0 Å². The second-order valence-electron chi connectivity index (χ2n) is 3.26. The smallest absolute Gasteiger partial charge is 0.342 e. The van der Waals surface area contributed by atoms with Gasteiger partial charge in [-0.05, 0) is 4.92 Å². The van der Waals surface area contributed by atoms with Crippen molar-refractivity contribution in [2.24, 2.45) is 0 Å². The van der Waals surface area contributed by atoms with Crippen molar-refractivity contribution in [1.29, 1.82) is 0 Å². The first-order valence-corrected chi connectivity index (χ1v) is 4.38. The van der Waals surface area contributed by atoms with Gasteiger partial charge in [0.25, 0.3) is 0 Å². The summed E-state index contributed by atoms with van der Waals surface area (Å²) < 4.78 is 1.44. The van der Waals surface area contributed by atoms with Crippen molar-refractivity contribution in [1.82, 2.24) is 9.55 Å². The summed E-state index contributed by atoms with van der Waals surface area (Å²) in [5, 5.41) is 19.4. The minimum Gasteiger partial charge on any atom is -0.392 e. The summed E-state index contributed by atoms with van der Waals surface area (Å²) >= 11 is 0. The first kappa shape index (κ1) is 10.6. The molecule has 0 atom stereocenters. The molecule has 0 saturated carbocycles. The lowest BCUT2D eigenvalue weighted by atomic mass is 10.2. The van der Waals surface area contributed by atoms with E-state index in [2.05, 4.69) is 4.98 Å². The summed E-state index contributed by atoms with van der Waals surface area (Å²) in [5.41, 5.74) is 0. The normalized spacial score (nSPS) is 10.9. The molecule has 1 N–H and O–H groups in total. The number of rotatable bonds is 4. The SMILES string of the molecule is CC(C)c1ncc([N+](=O)[O-])n1CCO. The van der Waals surface area contributed by atoms with Gasteiger partial charge in [-0.25, -0.2) is 9.55 Å². The van der Waals surface area contributed by atoms with Gasteiger partial charge in [0, 0.05) is 5.92 Å². The van der Waals surface area contributed by atoms with Crippen LogP contribution in [0.4, 0.5) is 5.82 Å². The fourth-order valence-electron chi connectivity index (χ4n) is 1.32. The Morgan fingerprint density at radius 3 is 2.79 bits per heavy atom. The van der Waals surface area contributed by atoms with Gasteiger partial charge in [-0.15, -0.1) is 0 Å². The third kappa shape index (κ3) is 1.90. The molecule has 1 aromatic heterocycles. The number of aliphatic hydroxyl groups is 1. The van der Waals surface area contributed by atoms with Gasteiger partial charge in [-0.1, -0.05) is 13.8 Å². The zero-order chi connectivity index (χ0) is 10.7. The van der Waals surface area contributed by atoms with E-state index in [1.54, 1.807) is 0 Å². The lowest BCUT2D eigenvalue weighted by Gasteiger charge is -2.04. The van der Waals surface area contributed by atoms with Crippen molar-refractivity contribution in [3.05, 3.63) is 22.1 Å². The minimum absolute atomic E-state index is 0.0669. The molecule has 0 aromatic carbocycles. The Morgan fingerprint density at radius 2 is 2.36 bits per heavy atom. The molecule has 6 heteroatoms. The molecule has 0 unspecified atom stereocenters. The number of hydrogen-bond acceptors (Lipinski definition) is 4. The van der Waals surface area contributed by atoms with Crippen LogP contribution in [0.5, 0.6) is 0 Å². The monoisotopic (exact) mass is 199 g/mol. The van der Waals surface area contributed by atoms with E-state index in [4.69, 9.17) is 5.11 Å². The fraction of sp³-hybridized carbons (Fsp3) is 0.625. The summed E-state index contributed by atoms with van der Waals surface area (Å²) in [6, 6.07) is 0. The highest BCUT2D eigenvalue weighted by atomic mass is 16.6. The highest BCUT2D eigenvalue weighted by Gasteiger charge is 2.21. The maximum absolute atomic E-state index is 10.6. The van der Waals surface area contributed by atoms with Crippen molar-refractivity contribution in [2.75, 3.05) is 6.61 Å². The van der Waals surface area contributed by atoms with Gasteiger partial charge in [-0.2, -0.15) is 0 Å². The molecule has 0 amide bonds. The van der Waals surface area contributed by atoms with Gasteiger partial charge < -0.3 is 15.2 Å². The van der Waals surface area contributed by atoms with Gasteiger partial charge in [0.1, 0.15) is 12.7 Å². The summed E-state index contributed by atoms with van der Waals surface area (Å²) in [6.45, 7) is 3.89. The van der Waals surface area contributed by atoms with E-state index >= 15 is 0 Å². The third-order valence-electron chi connectivity index (χ3n) is 1.89. The summed E-state index contributed by atoms with van der Waals surface area (Å²) in [5.74, 6) is 0.670. The van der Waals surface area contributed by atoms with Crippen LogP contribution in [0.1, 0.15) is 25.6 Å². The molecular formula is C8H13N3O3. The molecule has 0 aliphatic carbocycles. The average molecular weight is 199 g/mol. The largest absolute Gasteiger partial charge is 0.392 e. The molecule has 0 spiro atoms. The van der Waals surface area contributed by atoms with Crippen LogP contribution < -0.4 is 0 Å². The number of nitro groups is 1. The highest BCUT2D eigenvalue weighted by molar-refractivity contribution is 5.20. The van der Waals surface area contributed by atoms with Gasteiger partial charge >= 0.3 is 5.82 Å². The molecular weight excluding hydrogens is 186 g/mol. The van der Waals surface area contributed by atoms with Gasteiger partial charge in [-0.3, -0.25) is 0 Å². The molecule has 1 rings (SSSR count). The topological polar surface area (TPSA) is 81.2 Å². The van der Waals surface area contributed by atoms with E-state index in [1.807, 2.05) is 13.8 Å². The van der Waals surface area contributed by atoms with Crippen LogP contribution in [0.2, 0.25) is 0 Å². The zero-order valence-corrected chi connectivity index (χ0v) is 8.17. The first-order valence-electron chi connectivity index (χ1n) is 4.38. The molecule has 0 fully saturated rings.